The van der Waals surface area contributed by atoms with Crippen LogP contribution in [-0.2, 0) is 6.54 Å². The first-order valence-electron chi connectivity index (χ1n) is 8.06. The molecule has 1 atom stereocenters. The fourth-order valence-electron chi connectivity index (χ4n) is 3.64. The normalized spacial score (nSPS) is 27.6. The van der Waals surface area contributed by atoms with Crippen molar-refractivity contribution in [2.24, 2.45) is 5.41 Å². The van der Waals surface area contributed by atoms with Crippen molar-refractivity contribution < 1.29 is 0 Å². The van der Waals surface area contributed by atoms with Crippen molar-refractivity contribution >= 4 is 0 Å². The minimum atomic E-state index is 0.435. The van der Waals surface area contributed by atoms with Crippen molar-refractivity contribution in [3.05, 3.63) is 18.2 Å². The summed E-state index contributed by atoms with van der Waals surface area (Å²) in [5.74, 6) is 0.654. The van der Waals surface area contributed by atoms with E-state index in [4.69, 9.17) is 0 Å². The summed E-state index contributed by atoms with van der Waals surface area (Å²) in [7, 11) is 2.23. The molecule has 1 aromatic rings. The van der Waals surface area contributed by atoms with Gasteiger partial charge in [0.1, 0.15) is 0 Å². The second-order valence-electron chi connectivity index (χ2n) is 7.10. The molecule has 1 aromatic heterocycles. The molecule has 0 saturated carbocycles. The van der Waals surface area contributed by atoms with Crippen LogP contribution in [0.5, 0.6) is 0 Å². The number of aromatic nitrogens is 2. The van der Waals surface area contributed by atoms with Crippen LogP contribution in [0.4, 0.5) is 0 Å². The Morgan fingerprint density at radius 1 is 1.40 bits per heavy atom. The Morgan fingerprint density at radius 2 is 2.20 bits per heavy atom. The summed E-state index contributed by atoms with van der Waals surface area (Å²) in [6.45, 7) is 8.33. The lowest BCUT2D eigenvalue weighted by molar-refractivity contribution is 0.119. The van der Waals surface area contributed by atoms with Crippen LogP contribution in [0.1, 0.15) is 44.2 Å². The number of rotatable bonds is 3. The molecule has 0 radical (unpaired) electrons. The molecule has 1 unspecified atom stereocenters. The number of nitrogens with one attached hydrogen (secondary N) is 1. The molecule has 3 rings (SSSR count). The van der Waals surface area contributed by atoms with E-state index < -0.39 is 0 Å². The zero-order valence-corrected chi connectivity index (χ0v) is 12.9. The summed E-state index contributed by atoms with van der Waals surface area (Å²) in [6.07, 6.45) is 9.33. The fraction of sp³-hybridized carbons (Fsp3) is 0.812. The molecule has 0 bridgehead atoms. The van der Waals surface area contributed by atoms with Gasteiger partial charge in [0.25, 0.3) is 0 Å². The monoisotopic (exact) mass is 276 g/mol. The van der Waals surface area contributed by atoms with E-state index in [1.54, 1.807) is 0 Å². The highest BCUT2D eigenvalue weighted by molar-refractivity contribution is 5.09. The molecule has 3 heterocycles. The van der Waals surface area contributed by atoms with E-state index >= 15 is 0 Å². The first-order chi connectivity index (χ1) is 9.66. The van der Waals surface area contributed by atoms with Crippen LogP contribution in [0, 0.1) is 5.41 Å². The highest BCUT2D eigenvalue weighted by Crippen LogP contribution is 2.34. The Morgan fingerprint density at radius 3 is 2.90 bits per heavy atom. The van der Waals surface area contributed by atoms with Crippen LogP contribution in [-0.4, -0.2) is 47.7 Å². The van der Waals surface area contributed by atoms with Crippen molar-refractivity contribution in [1.29, 1.82) is 0 Å². The van der Waals surface area contributed by atoms with Crippen molar-refractivity contribution in [1.82, 2.24) is 19.8 Å². The summed E-state index contributed by atoms with van der Waals surface area (Å²) >= 11 is 0. The average molecular weight is 276 g/mol. The van der Waals surface area contributed by atoms with E-state index in [1.807, 2.05) is 6.33 Å². The summed E-state index contributed by atoms with van der Waals surface area (Å²) in [6, 6.07) is 0. The van der Waals surface area contributed by atoms with Crippen LogP contribution < -0.4 is 5.32 Å². The number of piperidine rings is 2. The molecule has 2 aliphatic heterocycles. The van der Waals surface area contributed by atoms with Crippen LogP contribution in [0.2, 0.25) is 0 Å². The Kier molecular flexibility index (Phi) is 4.13. The van der Waals surface area contributed by atoms with Gasteiger partial charge in [0, 0.05) is 30.9 Å². The fourth-order valence-corrected chi connectivity index (χ4v) is 3.64. The van der Waals surface area contributed by atoms with E-state index in [0.29, 0.717) is 11.3 Å². The minimum absolute atomic E-state index is 0.435. The van der Waals surface area contributed by atoms with Gasteiger partial charge in [-0.3, -0.25) is 0 Å². The van der Waals surface area contributed by atoms with Gasteiger partial charge in [-0.25, -0.2) is 4.98 Å². The molecule has 112 valence electrons. The van der Waals surface area contributed by atoms with Crippen LogP contribution >= 0.6 is 0 Å². The molecule has 0 spiro atoms. The predicted molar refractivity (Wildman–Crippen MR) is 81.9 cm³/mol. The highest BCUT2D eigenvalue weighted by Gasteiger charge is 2.30. The van der Waals surface area contributed by atoms with E-state index in [0.717, 1.165) is 13.1 Å². The molecule has 0 aliphatic carbocycles. The largest absolute Gasteiger partial charge is 0.334 e. The topological polar surface area (TPSA) is 33.1 Å². The van der Waals surface area contributed by atoms with Crippen LogP contribution in [0.3, 0.4) is 0 Å². The van der Waals surface area contributed by atoms with E-state index in [9.17, 15) is 0 Å². The van der Waals surface area contributed by atoms with Gasteiger partial charge in [-0.1, -0.05) is 6.92 Å². The molecule has 0 amide bonds. The van der Waals surface area contributed by atoms with Gasteiger partial charge in [-0.2, -0.15) is 0 Å². The van der Waals surface area contributed by atoms with Gasteiger partial charge in [0.2, 0.25) is 0 Å². The molecule has 0 aromatic carbocycles. The molecule has 4 nitrogen and oxygen atoms in total. The molecular formula is C16H28N4. The third kappa shape index (κ3) is 3.07. The standard InChI is InChI=1S/C16H28N4/c1-16(5-8-19(2)9-6-16)12-20-13-18-11-15(20)14-4-3-7-17-10-14/h11,13-14,17H,3-10,12H2,1-2H3. The van der Waals surface area contributed by atoms with Crippen LogP contribution in [0.15, 0.2) is 12.5 Å². The maximum Gasteiger partial charge on any atom is 0.0948 e. The third-order valence-electron chi connectivity index (χ3n) is 5.21. The maximum atomic E-state index is 4.43. The summed E-state index contributed by atoms with van der Waals surface area (Å²) in [5.41, 5.74) is 1.88. The zero-order valence-electron chi connectivity index (χ0n) is 12.9. The van der Waals surface area contributed by atoms with E-state index in [-0.39, 0.29) is 0 Å². The van der Waals surface area contributed by atoms with Gasteiger partial charge in [0.15, 0.2) is 0 Å². The Hall–Kier alpha value is -0.870. The predicted octanol–water partition coefficient (Wildman–Crippen LogP) is 2.08. The number of hydrogen-bond acceptors (Lipinski definition) is 3. The lowest BCUT2D eigenvalue weighted by Crippen LogP contribution is -2.39. The SMILES string of the molecule is CN1CCC(C)(Cn2cncc2C2CCCNC2)CC1. The summed E-state index contributed by atoms with van der Waals surface area (Å²) in [5, 5.41) is 3.52. The Bertz CT molecular complexity index is 425. The Balaban J connectivity index is 1.70. The second kappa shape index (κ2) is 5.86. The summed E-state index contributed by atoms with van der Waals surface area (Å²) in [4.78, 5) is 6.88. The van der Waals surface area contributed by atoms with Gasteiger partial charge in [0.05, 0.1) is 6.33 Å². The molecule has 4 heteroatoms. The van der Waals surface area contributed by atoms with Gasteiger partial charge >= 0.3 is 0 Å². The van der Waals surface area contributed by atoms with Crippen molar-refractivity contribution in [3.63, 3.8) is 0 Å². The molecule has 2 aliphatic rings. The van der Waals surface area contributed by atoms with Gasteiger partial charge in [-0.05, 0) is 57.8 Å². The molecular weight excluding hydrogens is 248 g/mol. The number of likely N-dealkylation sites (tertiary alicyclic amines) is 1. The molecule has 2 fully saturated rings. The van der Waals surface area contributed by atoms with E-state index in [1.165, 1.54) is 51.0 Å². The highest BCUT2D eigenvalue weighted by atomic mass is 15.1. The minimum Gasteiger partial charge on any atom is -0.334 e. The third-order valence-corrected chi connectivity index (χ3v) is 5.21. The smallest absolute Gasteiger partial charge is 0.0948 e. The number of imidazole rings is 1. The zero-order chi connectivity index (χ0) is 14.0. The Labute approximate surface area is 122 Å². The van der Waals surface area contributed by atoms with Gasteiger partial charge < -0.3 is 14.8 Å². The number of hydrogen-bond donors (Lipinski definition) is 1. The lowest BCUT2D eigenvalue weighted by atomic mass is 9.80. The second-order valence-corrected chi connectivity index (χ2v) is 7.10. The van der Waals surface area contributed by atoms with E-state index in [2.05, 4.69) is 39.9 Å². The van der Waals surface area contributed by atoms with Crippen molar-refractivity contribution in [2.45, 2.75) is 45.1 Å². The summed E-state index contributed by atoms with van der Waals surface area (Å²) < 4.78 is 2.43. The average Bonchev–Trinajstić information content (AvgIpc) is 2.91. The van der Waals surface area contributed by atoms with Crippen molar-refractivity contribution in [2.75, 3.05) is 33.2 Å². The molecule has 1 N–H and O–H groups in total. The quantitative estimate of drug-likeness (QED) is 0.917. The molecule has 2 saturated heterocycles. The molecule has 20 heavy (non-hydrogen) atoms. The van der Waals surface area contributed by atoms with Crippen LogP contribution in [0.25, 0.3) is 0 Å². The maximum absolute atomic E-state index is 4.43. The number of nitrogens with zero attached hydrogens (tertiary/aromatic N) is 3. The van der Waals surface area contributed by atoms with Gasteiger partial charge in [-0.15, -0.1) is 0 Å². The first kappa shape index (κ1) is 14.1. The van der Waals surface area contributed by atoms with Crippen molar-refractivity contribution in [3.8, 4) is 0 Å². The lowest BCUT2D eigenvalue weighted by Gasteiger charge is -2.38. The first-order valence-corrected chi connectivity index (χ1v) is 8.06.